The summed E-state index contributed by atoms with van der Waals surface area (Å²) in [5, 5.41) is 3.33. The predicted molar refractivity (Wildman–Crippen MR) is 74.4 cm³/mol. The van der Waals surface area contributed by atoms with Gasteiger partial charge in [0.05, 0.1) is 6.61 Å². The number of hydrogen-bond donors (Lipinski definition) is 1. The molecule has 0 aromatic heterocycles. The zero-order chi connectivity index (χ0) is 12.1. The predicted octanol–water partition coefficient (Wildman–Crippen LogP) is 3.74. The molecule has 1 aliphatic carbocycles. The van der Waals surface area contributed by atoms with Crippen LogP contribution in [0.1, 0.15) is 31.7 Å². The lowest BCUT2D eigenvalue weighted by Crippen LogP contribution is -2.12. The SMILES string of the molecule is CCNCc1cc(OCCC2CC2)ccc1Br. The van der Waals surface area contributed by atoms with Crippen LogP contribution in [-0.2, 0) is 6.54 Å². The number of nitrogens with one attached hydrogen (secondary N) is 1. The minimum atomic E-state index is 0.854. The van der Waals surface area contributed by atoms with Crippen LogP contribution in [-0.4, -0.2) is 13.2 Å². The van der Waals surface area contributed by atoms with Crippen molar-refractivity contribution in [2.24, 2.45) is 5.92 Å². The van der Waals surface area contributed by atoms with E-state index in [1.165, 1.54) is 24.8 Å². The van der Waals surface area contributed by atoms with E-state index in [1.54, 1.807) is 0 Å². The van der Waals surface area contributed by atoms with Gasteiger partial charge in [0.15, 0.2) is 0 Å². The summed E-state index contributed by atoms with van der Waals surface area (Å²) in [6.45, 7) is 4.84. The molecule has 1 aliphatic rings. The second-order valence-corrected chi connectivity index (χ2v) is 5.47. The first-order valence-electron chi connectivity index (χ1n) is 6.41. The van der Waals surface area contributed by atoms with E-state index >= 15 is 0 Å². The molecule has 0 atom stereocenters. The highest BCUT2D eigenvalue weighted by molar-refractivity contribution is 9.10. The molecule has 0 saturated heterocycles. The van der Waals surface area contributed by atoms with Crippen LogP contribution >= 0.6 is 15.9 Å². The first-order chi connectivity index (χ1) is 8.29. The van der Waals surface area contributed by atoms with Crippen LogP contribution in [0.2, 0.25) is 0 Å². The molecule has 94 valence electrons. The van der Waals surface area contributed by atoms with Gasteiger partial charge in [-0.1, -0.05) is 35.7 Å². The fourth-order valence-electron chi connectivity index (χ4n) is 1.79. The quantitative estimate of drug-likeness (QED) is 0.828. The number of benzene rings is 1. The molecular weight excluding hydrogens is 278 g/mol. The molecule has 0 spiro atoms. The van der Waals surface area contributed by atoms with E-state index in [0.717, 1.165) is 35.8 Å². The summed E-state index contributed by atoms with van der Waals surface area (Å²) >= 11 is 3.57. The monoisotopic (exact) mass is 297 g/mol. The van der Waals surface area contributed by atoms with E-state index in [4.69, 9.17) is 4.74 Å². The summed E-state index contributed by atoms with van der Waals surface area (Å²) in [6, 6.07) is 6.23. The van der Waals surface area contributed by atoms with E-state index < -0.39 is 0 Å². The molecule has 3 heteroatoms. The van der Waals surface area contributed by atoms with Gasteiger partial charge in [-0.25, -0.2) is 0 Å². The zero-order valence-electron chi connectivity index (χ0n) is 10.3. The smallest absolute Gasteiger partial charge is 0.119 e. The largest absolute Gasteiger partial charge is 0.494 e. The van der Waals surface area contributed by atoms with Gasteiger partial charge >= 0.3 is 0 Å². The van der Waals surface area contributed by atoms with Crippen molar-refractivity contribution in [3.05, 3.63) is 28.2 Å². The highest BCUT2D eigenvalue weighted by atomic mass is 79.9. The van der Waals surface area contributed by atoms with E-state index in [1.807, 2.05) is 6.07 Å². The third-order valence-corrected chi connectivity index (χ3v) is 3.85. The minimum absolute atomic E-state index is 0.854. The Morgan fingerprint density at radius 2 is 2.24 bits per heavy atom. The molecule has 2 nitrogen and oxygen atoms in total. The second kappa shape index (κ2) is 6.41. The van der Waals surface area contributed by atoms with Crippen molar-refractivity contribution in [1.82, 2.24) is 5.32 Å². The first-order valence-corrected chi connectivity index (χ1v) is 7.21. The number of hydrogen-bond acceptors (Lipinski definition) is 2. The molecule has 0 heterocycles. The lowest BCUT2D eigenvalue weighted by molar-refractivity contribution is 0.302. The molecule has 1 aromatic rings. The maximum Gasteiger partial charge on any atom is 0.119 e. The van der Waals surface area contributed by atoms with E-state index in [-0.39, 0.29) is 0 Å². The topological polar surface area (TPSA) is 21.3 Å². The Hall–Kier alpha value is -0.540. The lowest BCUT2D eigenvalue weighted by Gasteiger charge is -2.10. The maximum absolute atomic E-state index is 5.78. The molecule has 1 aromatic carbocycles. The molecule has 0 bridgehead atoms. The summed E-state index contributed by atoms with van der Waals surface area (Å²) in [7, 11) is 0. The molecule has 0 aliphatic heterocycles. The summed E-state index contributed by atoms with van der Waals surface area (Å²) in [5.74, 6) is 1.92. The van der Waals surface area contributed by atoms with Gasteiger partial charge in [0.25, 0.3) is 0 Å². The Labute approximate surface area is 112 Å². The van der Waals surface area contributed by atoms with Gasteiger partial charge in [0.1, 0.15) is 5.75 Å². The number of halogens is 1. The lowest BCUT2D eigenvalue weighted by atomic mass is 10.2. The van der Waals surface area contributed by atoms with Gasteiger partial charge < -0.3 is 10.1 Å². The summed E-state index contributed by atoms with van der Waals surface area (Å²) in [4.78, 5) is 0. The van der Waals surface area contributed by atoms with Gasteiger partial charge in [-0.15, -0.1) is 0 Å². The fourth-order valence-corrected chi connectivity index (χ4v) is 2.17. The Balaban J connectivity index is 1.87. The highest BCUT2D eigenvalue weighted by Crippen LogP contribution is 2.32. The van der Waals surface area contributed by atoms with E-state index in [2.05, 4.69) is 40.3 Å². The standard InChI is InChI=1S/C14H20BrNO/c1-2-16-10-12-9-13(5-6-14(12)15)17-8-7-11-3-4-11/h5-6,9,11,16H,2-4,7-8,10H2,1H3. The Morgan fingerprint density at radius 3 is 2.94 bits per heavy atom. The van der Waals surface area contributed by atoms with Gasteiger partial charge in [-0.05, 0) is 42.6 Å². The third-order valence-electron chi connectivity index (χ3n) is 3.07. The van der Waals surface area contributed by atoms with Crippen molar-refractivity contribution in [3.63, 3.8) is 0 Å². The van der Waals surface area contributed by atoms with Crippen molar-refractivity contribution in [1.29, 1.82) is 0 Å². The zero-order valence-corrected chi connectivity index (χ0v) is 11.9. The molecule has 1 fully saturated rings. The maximum atomic E-state index is 5.78. The molecule has 1 saturated carbocycles. The van der Waals surface area contributed by atoms with Gasteiger partial charge in [0, 0.05) is 11.0 Å². The van der Waals surface area contributed by atoms with Gasteiger partial charge in [-0.2, -0.15) is 0 Å². The molecule has 0 unspecified atom stereocenters. The molecular formula is C14H20BrNO. The summed E-state index contributed by atoms with van der Waals surface area (Å²) in [5.41, 5.74) is 1.26. The van der Waals surface area contributed by atoms with Crippen LogP contribution in [0, 0.1) is 5.92 Å². The van der Waals surface area contributed by atoms with Crippen LogP contribution < -0.4 is 10.1 Å². The van der Waals surface area contributed by atoms with Crippen molar-refractivity contribution in [2.45, 2.75) is 32.7 Å². The molecule has 0 radical (unpaired) electrons. The average molecular weight is 298 g/mol. The molecule has 1 N–H and O–H groups in total. The van der Waals surface area contributed by atoms with E-state index in [9.17, 15) is 0 Å². The van der Waals surface area contributed by atoms with Crippen LogP contribution in [0.5, 0.6) is 5.75 Å². The highest BCUT2D eigenvalue weighted by Gasteiger charge is 2.20. The minimum Gasteiger partial charge on any atom is -0.494 e. The summed E-state index contributed by atoms with van der Waals surface area (Å²) in [6.07, 6.45) is 4.00. The Kier molecular flexibility index (Phi) is 4.86. The number of ether oxygens (including phenoxy) is 1. The van der Waals surface area contributed by atoms with Crippen LogP contribution in [0.3, 0.4) is 0 Å². The van der Waals surface area contributed by atoms with Crippen molar-refractivity contribution in [2.75, 3.05) is 13.2 Å². The van der Waals surface area contributed by atoms with Crippen molar-refractivity contribution >= 4 is 15.9 Å². The summed E-state index contributed by atoms with van der Waals surface area (Å²) < 4.78 is 6.93. The molecule has 17 heavy (non-hydrogen) atoms. The van der Waals surface area contributed by atoms with Crippen LogP contribution in [0.15, 0.2) is 22.7 Å². The Bertz CT molecular complexity index is 363. The van der Waals surface area contributed by atoms with Crippen molar-refractivity contribution < 1.29 is 4.74 Å². The third kappa shape index (κ3) is 4.32. The first kappa shape index (κ1) is 12.9. The molecule has 2 rings (SSSR count). The van der Waals surface area contributed by atoms with Gasteiger partial charge in [0.2, 0.25) is 0 Å². The normalized spacial score (nSPS) is 14.9. The fraction of sp³-hybridized carbons (Fsp3) is 0.571. The second-order valence-electron chi connectivity index (χ2n) is 4.61. The number of rotatable bonds is 7. The van der Waals surface area contributed by atoms with Crippen molar-refractivity contribution in [3.8, 4) is 5.75 Å². The van der Waals surface area contributed by atoms with Crippen LogP contribution in [0.4, 0.5) is 0 Å². The molecule has 0 amide bonds. The van der Waals surface area contributed by atoms with E-state index in [0.29, 0.717) is 0 Å². The Morgan fingerprint density at radius 1 is 1.41 bits per heavy atom. The average Bonchev–Trinajstić information content (AvgIpc) is 3.13. The van der Waals surface area contributed by atoms with Gasteiger partial charge in [-0.3, -0.25) is 0 Å². The van der Waals surface area contributed by atoms with Crippen LogP contribution in [0.25, 0.3) is 0 Å².